The van der Waals surface area contributed by atoms with Gasteiger partial charge in [0.05, 0.1) is 11.8 Å². The van der Waals surface area contributed by atoms with Gasteiger partial charge < -0.3 is 11.1 Å². The predicted molar refractivity (Wildman–Crippen MR) is 69.4 cm³/mol. The average Bonchev–Trinajstić information content (AvgIpc) is 2.25. The molecule has 1 atom stereocenters. The number of carbonyl (C=O) groups excluding carboxylic acids is 1. The molecule has 0 heterocycles. The van der Waals surface area contributed by atoms with Crippen LogP contribution in [0.2, 0.25) is 0 Å². The standard InChI is InChI=1S/C11H24N2O3S/c1-4-9(5-2)8-13-11(14)10(12)6-7-17(3,15)16/h9-10H,4-8,12H2,1-3H3,(H,13,14). The SMILES string of the molecule is CCC(CC)CNC(=O)C(N)CCS(C)(=O)=O. The number of amides is 1. The van der Waals surface area contributed by atoms with E-state index in [1.807, 2.05) is 0 Å². The fourth-order valence-electron chi connectivity index (χ4n) is 1.43. The first-order valence-electron chi connectivity index (χ1n) is 6.01. The molecule has 1 amide bonds. The van der Waals surface area contributed by atoms with Crippen LogP contribution in [0.5, 0.6) is 0 Å². The van der Waals surface area contributed by atoms with Crippen molar-refractivity contribution in [1.82, 2.24) is 5.32 Å². The number of sulfone groups is 1. The van der Waals surface area contributed by atoms with E-state index in [1.165, 1.54) is 0 Å². The Balaban J connectivity index is 3.98. The Bertz CT molecular complexity index is 324. The van der Waals surface area contributed by atoms with Crippen molar-refractivity contribution < 1.29 is 13.2 Å². The summed E-state index contributed by atoms with van der Waals surface area (Å²) in [6.45, 7) is 4.76. The van der Waals surface area contributed by atoms with E-state index in [2.05, 4.69) is 19.2 Å². The first kappa shape index (κ1) is 16.4. The van der Waals surface area contributed by atoms with Gasteiger partial charge in [-0.3, -0.25) is 4.79 Å². The Morgan fingerprint density at radius 2 is 1.82 bits per heavy atom. The van der Waals surface area contributed by atoms with Crippen LogP contribution < -0.4 is 11.1 Å². The van der Waals surface area contributed by atoms with Crippen LogP contribution in [0.1, 0.15) is 33.1 Å². The molecule has 0 saturated carbocycles. The molecule has 0 radical (unpaired) electrons. The summed E-state index contributed by atoms with van der Waals surface area (Å²) in [7, 11) is -3.05. The molecule has 0 aromatic heterocycles. The van der Waals surface area contributed by atoms with Crippen LogP contribution in [-0.2, 0) is 14.6 Å². The molecule has 1 unspecified atom stereocenters. The summed E-state index contributed by atoms with van der Waals surface area (Å²) in [6.07, 6.45) is 3.33. The highest BCUT2D eigenvalue weighted by molar-refractivity contribution is 7.90. The molecule has 0 fully saturated rings. The fourth-order valence-corrected chi connectivity index (χ4v) is 2.11. The number of nitrogens with two attached hydrogens (primary N) is 1. The molecule has 0 rings (SSSR count). The van der Waals surface area contributed by atoms with Crippen LogP contribution in [0, 0.1) is 5.92 Å². The molecule has 102 valence electrons. The number of hydrogen-bond donors (Lipinski definition) is 2. The Kier molecular flexibility index (Phi) is 7.38. The third kappa shape index (κ3) is 8.15. The van der Waals surface area contributed by atoms with E-state index in [-0.39, 0.29) is 18.1 Å². The molecule has 5 nitrogen and oxygen atoms in total. The average molecular weight is 264 g/mol. The summed E-state index contributed by atoms with van der Waals surface area (Å²) in [5, 5.41) is 2.76. The molecule has 0 aromatic rings. The van der Waals surface area contributed by atoms with Crippen molar-refractivity contribution in [2.45, 2.75) is 39.2 Å². The maximum atomic E-state index is 11.6. The Labute approximate surface area is 104 Å². The zero-order valence-corrected chi connectivity index (χ0v) is 11.7. The lowest BCUT2D eigenvalue weighted by molar-refractivity contribution is -0.122. The lowest BCUT2D eigenvalue weighted by Gasteiger charge is -2.16. The van der Waals surface area contributed by atoms with Crippen molar-refractivity contribution in [3.63, 3.8) is 0 Å². The molecule has 0 saturated heterocycles. The van der Waals surface area contributed by atoms with E-state index in [0.29, 0.717) is 12.5 Å². The smallest absolute Gasteiger partial charge is 0.236 e. The fraction of sp³-hybridized carbons (Fsp3) is 0.909. The second-order valence-electron chi connectivity index (χ2n) is 4.45. The van der Waals surface area contributed by atoms with E-state index < -0.39 is 15.9 Å². The van der Waals surface area contributed by atoms with Crippen molar-refractivity contribution in [3.05, 3.63) is 0 Å². The van der Waals surface area contributed by atoms with Gasteiger partial charge in [-0.25, -0.2) is 8.42 Å². The van der Waals surface area contributed by atoms with Gasteiger partial charge >= 0.3 is 0 Å². The number of hydrogen-bond acceptors (Lipinski definition) is 4. The van der Waals surface area contributed by atoms with Crippen molar-refractivity contribution in [2.24, 2.45) is 11.7 Å². The highest BCUT2D eigenvalue weighted by Crippen LogP contribution is 2.05. The zero-order valence-electron chi connectivity index (χ0n) is 10.9. The largest absolute Gasteiger partial charge is 0.354 e. The van der Waals surface area contributed by atoms with Gasteiger partial charge in [0.2, 0.25) is 5.91 Å². The molecule has 0 aromatic carbocycles. The quantitative estimate of drug-likeness (QED) is 0.660. The third-order valence-electron chi connectivity index (χ3n) is 2.86. The zero-order chi connectivity index (χ0) is 13.5. The topological polar surface area (TPSA) is 89.3 Å². The maximum Gasteiger partial charge on any atom is 0.236 e. The molecule has 0 spiro atoms. The van der Waals surface area contributed by atoms with Gasteiger partial charge in [0, 0.05) is 12.8 Å². The van der Waals surface area contributed by atoms with Gasteiger partial charge in [-0.1, -0.05) is 26.7 Å². The normalized spacial score (nSPS) is 13.7. The molecule has 17 heavy (non-hydrogen) atoms. The molecular weight excluding hydrogens is 240 g/mol. The Morgan fingerprint density at radius 3 is 2.24 bits per heavy atom. The molecule has 0 aliphatic carbocycles. The summed E-state index contributed by atoms with van der Waals surface area (Å²) in [4.78, 5) is 11.6. The summed E-state index contributed by atoms with van der Waals surface area (Å²) in [6, 6.07) is -0.737. The van der Waals surface area contributed by atoms with Crippen LogP contribution in [0.4, 0.5) is 0 Å². The summed E-state index contributed by atoms with van der Waals surface area (Å²) in [5.74, 6) is 0.147. The van der Waals surface area contributed by atoms with Crippen molar-refractivity contribution in [1.29, 1.82) is 0 Å². The molecule has 0 aliphatic rings. The van der Waals surface area contributed by atoms with Crippen LogP contribution >= 0.6 is 0 Å². The predicted octanol–water partition coefficient (Wildman–Crippen LogP) is 0.301. The first-order chi connectivity index (χ1) is 7.80. The highest BCUT2D eigenvalue weighted by atomic mass is 32.2. The molecule has 6 heteroatoms. The van der Waals surface area contributed by atoms with E-state index in [4.69, 9.17) is 5.73 Å². The minimum Gasteiger partial charge on any atom is -0.354 e. The van der Waals surface area contributed by atoms with Gasteiger partial charge in [0.15, 0.2) is 0 Å². The number of nitrogens with one attached hydrogen (secondary N) is 1. The van der Waals surface area contributed by atoms with E-state index >= 15 is 0 Å². The third-order valence-corrected chi connectivity index (χ3v) is 3.83. The minimum absolute atomic E-state index is 0.0490. The highest BCUT2D eigenvalue weighted by Gasteiger charge is 2.16. The van der Waals surface area contributed by atoms with E-state index in [0.717, 1.165) is 19.1 Å². The second kappa shape index (κ2) is 7.66. The van der Waals surface area contributed by atoms with Crippen LogP contribution in [0.25, 0.3) is 0 Å². The van der Waals surface area contributed by atoms with Crippen LogP contribution in [0.15, 0.2) is 0 Å². The lowest BCUT2D eigenvalue weighted by atomic mass is 10.0. The number of rotatable bonds is 8. The molecule has 0 aliphatic heterocycles. The lowest BCUT2D eigenvalue weighted by Crippen LogP contribution is -2.43. The number of carbonyl (C=O) groups is 1. The van der Waals surface area contributed by atoms with Crippen LogP contribution in [-0.4, -0.2) is 38.9 Å². The monoisotopic (exact) mass is 264 g/mol. The van der Waals surface area contributed by atoms with Crippen LogP contribution in [0.3, 0.4) is 0 Å². The first-order valence-corrected chi connectivity index (χ1v) is 8.07. The molecule has 0 bridgehead atoms. The van der Waals surface area contributed by atoms with E-state index in [1.54, 1.807) is 0 Å². The van der Waals surface area contributed by atoms with Gasteiger partial charge in [-0.2, -0.15) is 0 Å². The molecular formula is C11H24N2O3S. The van der Waals surface area contributed by atoms with Crippen molar-refractivity contribution in [2.75, 3.05) is 18.6 Å². The summed E-state index contributed by atoms with van der Waals surface area (Å²) >= 11 is 0. The Morgan fingerprint density at radius 1 is 1.29 bits per heavy atom. The Hall–Kier alpha value is -0.620. The van der Waals surface area contributed by atoms with Gasteiger partial charge in [-0.05, 0) is 12.3 Å². The molecule has 3 N–H and O–H groups in total. The van der Waals surface area contributed by atoms with Gasteiger partial charge in [0.1, 0.15) is 9.84 Å². The van der Waals surface area contributed by atoms with E-state index in [9.17, 15) is 13.2 Å². The van der Waals surface area contributed by atoms with Gasteiger partial charge in [-0.15, -0.1) is 0 Å². The van der Waals surface area contributed by atoms with Crippen molar-refractivity contribution >= 4 is 15.7 Å². The summed E-state index contributed by atoms with van der Waals surface area (Å²) < 4.78 is 21.9. The maximum absolute atomic E-state index is 11.6. The summed E-state index contributed by atoms with van der Waals surface area (Å²) in [5.41, 5.74) is 5.62. The van der Waals surface area contributed by atoms with Gasteiger partial charge in [0.25, 0.3) is 0 Å². The second-order valence-corrected chi connectivity index (χ2v) is 6.71. The van der Waals surface area contributed by atoms with Crippen molar-refractivity contribution in [3.8, 4) is 0 Å². The minimum atomic E-state index is -3.05.